The molecule has 0 amide bonds. The fourth-order valence-electron chi connectivity index (χ4n) is 3.98. The second-order valence-corrected chi connectivity index (χ2v) is 8.14. The Hall–Kier alpha value is -2.16. The summed E-state index contributed by atoms with van der Waals surface area (Å²) in [5, 5.41) is 10.5. The normalized spacial score (nSPS) is 16.2. The summed E-state index contributed by atoms with van der Waals surface area (Å²) in [6.45, 7) is 10.6. The maximum atomic E-state index is 13.0. The Morgan fingerprint density at radius 3 is 2.44 bits per heavy atom. The highest BCUT2D eigenvalue weighted by molar-refractivity contribution is 6.06. The van der Waals surface area contributed by atoms with Gasteiger partial charge in [0.25, 0.3) is 0 Å². The monoisotopic (exact) mass is 337 g/mol. The number of hydrogen-bond acceptors (Lipinski definition) is 3. The summed E-state index contributed by atoms with van der Waals surface area (Å²) >= 11 is 0. The number of nitrogens with zero attached hydrogens (tertiary/aromatic N) is 1. The number of phenolic OH excluding ortho intramolecular Hbond substituents is 1. The van der Waals surface area contributed by atoms with Gasteiger partial charge in [-0.05, 0) is 35.8 Å². The predicted molar refractivity (Wildman–Crippen MR) is 101 cm³/mol. The Labute approximate surface area is 150 Å². The number of Topliss-reactive ketones (excluding diaryl/α,β-unsaturated/α-hetero) is 1. The predicted octanol–water partition coefficient (Wildman–Crippen LogP) is 5.30. The van der Waals surface area contributed by atoms with E-state index in [1.165, 1.54) is 0 Å². The Morgan fingerprint density at radius 2 is 1.84 bits per heavy atom. The first-order valence-electron chi connectivity index (χ1n) is 9.12. The van der Waals surface area contributed by atoms with E-state index in [4.69, 9.17) is 4.98 Å². The highest BCUT2D eigenvalue weighted by Gasteiger charge is 2.36. The van der Waals surface area contributed by atoms with Crippen molar-refractivity contribution in [2.24, 2.45) is 5.41 Å². The number of rotatable bonds is 3. The Bertz CT molecular complexity index is 834. The van der Waals surface area contributed by atoms with E-state index in [0.717, 1.165) is 46.5 Å². The molecule has 0 atom stereocenters. The van der Waals surface area contributed by atoms with Crippen LogP contribution in [0.15, 0.2) is 24.3 Å². The summed E-state index contributed by atoms with van der Waals surface area (Å²) in [5.74, 6) is 0.630. The van der Waals surface area contributed by atoms with Crippen LogP contribution < -0.4 is 0 Å². The van der Waals surface area contributed by atoms with Gasteiger partial charge in [-0.15, -0.1) is 0 Å². The van der Waals surface area contributed by atoms with Crippen LogP contribution in [-0.4, -0.2) is 15.9 Å². The topological polar surface area (TPSA) is 50.2 Å². The van der Waals surface area contributed by atoms with Crippen molar-refractivity contribution in [2.75, 3.05) is 0 Å². The molecule has 0 aliphatic heterocycles. The van der Waals surface area contributed by atoms with Crippen LogP contribution in [0, 0.1) is 5.41 Å². The number of aromatic hydroxyl groups is 1. The van der Waals surface area contributed by atoms with Gasteiger partial charge < -0.3 is 5.11 Å². The number of para-hydroxylation sites is 1. The second kappa shape index (κ2) is 6.29. The first-order valence-corrected chi connectivity index (χ1v) is 9.12. The molecule has 0 spiro atoms. The van der Waals surface area contributed by atoms with Gasteiger partial charge >= 0.3 is 0 Å². The number of aromatic nitrogens is 1. The average Bonchev–Trinajstić information content (AvgIpc) is 2.52. The average molecular weight is 337 g/mol. The van der Waals surface area contributed by atoms with Crippen molar-refractivity contribution in [3.8, 4) is 16.9 Å². The largest absolute Gasteiger partial charge is 0.507 e. The van der Waals surface area contributed by atoms with E-state index in [1.807, 2.05) is 18.2 Å². The molecule has 0 saturated heterocycles. The van der Waals surface area contributed by atoms with Crippen molar-refractivity contribution in [2.45, 2.75) is 59.8 Å². The number of carbonyl (C=O) groups excluding carboxylic acids is 1. The summed E-state index contributed by atoms with van der Waals surface area (Å²) < 4.78 is 0. The Morgan fingerprint density at radius 1 is 1.16 bits per heavy atom. The Balaban J connectivity index is 2.41. The number of hydrogen-bond donors (Lipinski definition) is 1. The molecule has 1 aromatic carbocycles. The van der Waals surface area contributed by atoms with Crippen LogP contribution in [0.4, 0.5) is 0 Å². The maximum absolute atomic E-state index is 13.0. The molecule has 132 valence electrons. The fourth-order valence-corrected chi connectivity index (χ4v) is 3.98. The molecule has 1 aromatic heterocycles. The fraction of sp³-hybridized carbons (Fsp3) is 0.455. The zero-order chi connectivity index (χ0) is 18.4. The molecule has 1 aliphatic rings. The molecule has 3 nitrogen and oxygen atoms in total. The van der Waals surface area contributed by atoms with Gasteiger partial charge in [-0.3, -0.25) is 9.78 Å². The molecule has 0 bridgehead atoms. The number of benzene rings is 1. The van der Waals surface area contributed by atoms with E-state index < -0.39 is 0 Å². The van der Waals surface area contributed by atoms with Crippen molar-refractivity contribution >= 4 is 5.78 Å². The van der Waals surface area contributed by atoms with E-state index in [0.29, 0.717) is 6.42 Å². The SMILES string of the molecule is CCc1c(C(C)C)nc2c(c1-c1ccccc1O)C(=O)CC(C)(C)C2. The molecule has 25 heavy (non-hydrogen) atoms. The van der Waals surface area contributed by atoms with Crippen LogP contribution in [0.1, 0.15) is 74.3 Å². The molecule has 0 unspecified atom stereocenters. The van der Waals surface area contributed by atoms with Gasteiger partial charge in [-0.2, -0.15) is 0 Å². The maximum Gasteiger partial charge on any atom is 0.165 e. The molecule has 0 fully saturated rings. The molecule has 0 radical (unpaired) electrons. The minimum atomic E-state index is -0.0743. The van der Waals surface area contributed by atoms with Crippen LogP contribution in [0.2, 0.25) is 0 Å². The molecule has 1 heterocycles. The number of fused-ring (bicyclic) bond motifs is 1. The van der Waals surface area contributed by atoms with E-state index in [2.05, 4.69) is 34.6 Å². The summed E-state index contributed by atoms with van der Waals surface area (Å²) in [6.07, 6.45) is 2.10. The summed E-state index contributed by atoms with van der Waals surface area (Å²) in [6, 6.07) is 7.31. The van der Waals surface area contributed by atoms with Crippen LogP contribution in [0.25, 0.3) is 11.1 Å². The van der Waals surface area contributed by atoms with E-state index in [9.17, 15) is 9.90 Å². The van der Waals surface area contributed by atoms with Gasteiger partial charge in [0.15, 0.2) is 5.78 Å². The van der Waals surface area contributed by atoms with Gasteiger partial charge in [0.05, 0.1) is 5.69 Å². The van der Waals surface area contributed by atoms with E-state index in [-0.39, 0.29) is 22.9 Å². The minimum absolute atomic E-state index is 0.0743. The number of carbonyl (C=O) groups is 1. The van der Waals surface area contributed by atoms with Crippen molar-refractivity contribution in [3.05, 3.63) is 46.8 Å². The molecule has 0 saturated carbocycles. The van der Waals surface area contributed by atoms with Crippen LogP contribution in [0.3, 0.4) is 0 Å². The third kappa shape index (κ3) is 3.08. The minimum Gasteiger partial charge on any atom is -0.507 e. The first-order chi connectivity index (χ1) is 11.7. The lowest BCUT2D eigenvalue weighted by Gasteiger charge is -2.32. The van der Waals surface area contributed by atoms with Crippen molar-refractivity contribution in [3.63, 3.8) is 0 Å². The van der Waals surface area contributed by atoms with Crippen molar-refractivity contribution < 1.29 is 9.90 Å². The molecule has 1 aliphatic carbocycles. The van der Waals surface area contributed by atoms with Crippen LogP contribution >= 0.6 is 0 Å². The van der Waals surface area contributed by atoms with Crippen molar-refractivity contribution in [1.29, 1.82) is 0 Å². The molecular formula is C22H27NO2. The highest BCUT2D eigenvalue weighted by Crippen LogP contribution is 2.43. The van der Waals surface area contributed by atoms with Gasteiger partial charge in [0, 0.05) is 28.8 Å². The van der Waals surface area contributed by atoms with Crippen LogP contribution in [-0.2, 0) is 12.8 Å². The zero-order valence-corrected chi connectivity index (χ0v) is 15.8. The molecule has 3 heteroatoms. The van der Waals surface area contributed by atoms with Gasteiger partial charge in [-0.25, -0.2) is 0 Å². The molecular weight excluding hydrogens is 310 g/mol. The summed E-state index contributed by atoms with van der Waals surface area (Å²) in [5.41, 5.74) is 5.31. The van der Waals surface area contributed by atoms with Gasteiger partial charge in [0.1, 0.15) is 5.75 Å². The number of pyridine rings is 1. The highest BCUT2D eigenvalue weighted by atomic mass is 16.3. The zero-order valence-electron chi connectivity index (χ0n) is 15.8. The van der Waals surface area contributed by atoms with Gasteiger partial charge in [0.2, 0.25) is 0 Å². The van der Waals surface area contributed by atoms with E-state index >= 15 is 0 Å². The standard InChI is InChI=1S/C22H27NO2/c1-6-14-19(15-9-7-8-10-17(15)24)20-16(23-21(14)13(2)3)11-22(4,5)12-18(20)25/h7-10,13,24H,6,11-12H2,1-5H3. The summed E-state index contributed by atoms with van der Waals surface area (Å²) in [7, 11) is 0. The lowest BCUT2D eigenvalue weighted by molar-refractivity contribution is 0.0911. The number of phenols is 1. The van der Waals surface area contributed by atoms with E-state index in [1.54, 1.807) is 6.07 Å². The van der Waals surface area contributed by atoms with Crippen LogP contribution in [0.5, 0.6) is 5.75 Å². The molecule has 2 aromatic rings. The second-order valence-electron chi connectivity index (χ2n) is 8.14. The van der Waals surface area contributed by atoms with Gasteiger partial charge in [-0.1, -0.05) is 52.8 Å². The lowest BCUT2D eigenvalue weighted by Crippen LogP contribution is -2.29. The Kier molecular flexibility index (Phi) is 4.44. The summed E-state index contributed by atoms with van der Waals surface area (Å²) in [4.78, 5) is 18.0. The smallest absolute Gasteiger partial charge is 0.165 e. The van der Waals surface area contributed by atoms with Crippen molar-refractivity contribution in [1.82, 2.24) is 4.98 Å². The third-order valence-corrected chi connectivity index (χ3v) is 5.04. The lowest BCUT2D eigenvalue weighted by atomic mass is 9.72. The third-order valence-electron chi connectivity index (χ3n) is 5.04. The number of ketones is 1. The molecule has 1 N–H and O–H groups in total. The molecule has 3 rings (SSSR count). The quantitative estimate of drug-likeness (QED) is 0.827. The first kappa shape index (κ1) is 17.7.